The first-order valence-electron chi connectivity index (χ1n) is 5.23. The van der Waals surface area contributed by atoms with Crippen LogP contribution in [-0.2, 0) is 4.79 Å². The van der Waals surface area contributed by atoms with Crippen molar-refractivity contribution in [2.24, 2.45) is 5.10 Å². The van der Waals surface area contributed by atoms with E-state index in [0.29, 0.717) is 34.4 Å². The van der Waals surface area contributed by atoms with Crippen molar-refractivity contribution in [3.05, 3.63) is 28.2 Å². The zero-order valence-corrected chi connectivity index (χ0v) is 10.5. The summed E-state index contributed by atoms with van der Waals surface area (Å²) < 4.78 is 0. The largest absolute Gasteiger partial charge is 0.351 e. The Morgan fingerprint density at radius 1 is 1.35 bits per heavy atom. The maximum Gasteiger partial charge on any atom is 0.267 e. The summed E-state index contributed by atoms with van der Waals surface area (Å²) in [7, 11) is 0. The van der Waals surface area contributed by atoms with E-state index in [1.54, 1.807) is 18.2 Å². The zero-order chi connectivity index (χ0) is 12.3. The molecule has 90 valence electrons. The van der Waals surface area contributed by atoms with Crippen LogP contribution in [0.4, 0.5) is 5.69 Å². The molecule has 17 heavy (non-hydrogen) atoms. The van der Waals surface area contributed by atoms with E-state index in [2.05, 4.69) is 15.8 Å². The number of anilines is 1. The first kappa shape index (κ1) is 12.2. The van der Waals surface area contributed by atoms with Gasteiger partial charge in [0, 0.05) is 6.54 Å². The monoisotopic (exact) mass is 271 g/mol. The molecule has 0 aliphatic carbocycles. The highest BCUT2D eigenvalue weighted by atomic mass is 35.5. The van der Waals surface area contributed by atoms with Gasteiger partial charge in [-0.2, -0.15) is 5.10 Å². The second kappa shape index (κ2) is 5.38. The molecule has 1 fully saturated rings. The molecule has 0 saturated carbocycles. The van der Waals surface area contributed by atoms with Gasteiger partial charge in [0.25, 0.3) is 5.91 Å². The van der Waals surface area contributed by atoms with Crippen molar-refractivity contribution < 1.29 is 4.79 Å². The van der Waals surface area contributed by atoms with Crippen molar-refractivity contribution in [1.29, 1.82) is 0 Å². The molecular formula is C11H11Cl2N3O. The number of hydrogen-bond acceptors (Lipinski definition) is 3. The first-order valence-corrected chi connectivity index (χ1v) is 5.99. The van der Waals surface area contributed by atoms with E-state index in [9.17, 15) is 4.79 Å². The molecule has 0 spiro atoms. The number of amides is 1. The highest BCUT2D eigenvalue weighted by Crippen LogP contribution is 2.29. The van der Waals surface area contributed by atoms with Gasteiger partial charge in [0.15, 0.2) is 0 Å². The third kappa shape index (κ3) is 2.90. The average Bonchev–Trinajstić information content (AvgIpc) is 2.33. The molecule has 1 amide bonds. The summed E-state index contributed by atoms with van der Waals surface area (Å²) in [5.41, 5.74) is 3.83. The maximum absolute atomic E-state index is 11.4. The Labute approximate surface area is 109 Å². The lowest BCUT2D eigenvalue weighted by Gasteiger charge is -2.13. The number of piperidine rings is 1. The van der Waals surface area contributed by atoms with Crippen LogP contribution in [0, 0.1) is 0 Å². The minimum Gasteiger partial charge on any atom is -0.351 e. The number of hydrogen-bond donors (Lipinski definition) is 2. The molecule has 0 atom stereocenters. The van der Waals surface area contributed by atoms with Gasteiger partial charge in [-0.25, -0.2) is 0 Å². The molecule has 0 aromatic heterocycles. The van der Waals surface area contributed by atoms with Crippen molar-refractivity contribution in [3.63, 3.8) is 0 Å². The smallest absolute Gasteiger partial charge is 0.267 e. The maximum atomic E-state index is 11.4. The van der Waals surface area contributed by atoms with Crippen LogP contribution in [0.25, 0.3) is 0 Å². The van der Waals surface area contributed by atoms with E-state index in [-0.39, 0.29) is 5.91 Å². The Bertz CT molecular complexity index is 474. The van der Waals surface area contributed by atoms with Crippen LogP contribution in [0.15, 0.2) is 23.3 Å². The number of nitrogens with zero attached hydrogens (tertiary/aromatic N) is 1. The van der Waals surface area contributed by atoms with E-state index < -0.39 is 0 Å². The van der Waals surface area contributed by atoms with Gasteiger partial charge in [0.2, 0.25) is 0 Å². The third-order valence-electron chi connectivity index (χ3n) is 2.40. The van der Waals surface area contributed by atoms with Gasteiger partial charge in [-0.15, -0.1) is 0 Å². The van der Waals surface area contributed by atoms with Gasteiger partial charge in [0.05, 0.1) is 15.7 Å². The van der Waals surface area contributed by atoms with Gasteiger partial charge < -0.3 is 5.32 Å². The number of carbonyl (C=O) groups excluding carboxylic acids is 1. The normalized spacial score (nSPS) is 18.0. The van der Waals surface area contributed by atoms with Crippen LogP contribution in [0.5, 0.6) is 0 Å². The SMILES string of the molecule is O=C1NCCC/C1=N\Nc1cccc(Cl)c1Cl. The predicted molar refractivity (Wildman–Crippen MR) is 69.8 cm³/mol. The van der Waals surface area contributed by atoms with Crippen LogP contribution in [0.3, 0.4) is 0 Å². The van der Waals surface area contributed by atoms with Crippen LogP contribution in [-0.4, -0.2) is 18.2 Å². The predicted octanol–water partition coefficient (Wildman–Crippen LogP) is 2.67. The molecular weight excluding hydrogens is 261 g/mol. The Kier molecular flexibility index (Phi) is 3.86. The van der Waals surface area contributed by atoms with Crippen molar-refractivity contribution in [2.45, 2.75) is 12.8 Å². The van der Waals surface area contributed by atoms with Crippen molar-refractivity contribution in [2.75, 3.05) is 12.0 Å². The fourth-order valence-electron chi connectivity index (χ4n) is 1.50. The third-order valence-corrected chi connectivity index (χ3v) is 3.22. The lowest BCUT2D eigenvalue weighted by molar-refractivity contribution is -0.115. The molecule has 1 aliphatic heterocycles. The summed E-state index contributed by atoms with van der Waals surface area (Å²) in [5, 5.41) is 7.62. The van der Waals surface area contributed by atoms with E-state index in [4.69, 9.17) is 23.2 Å². The number of carbonyl (C=O) groups is 1. The van der Waals surface area contributed by atoms with Gasteiger partial charge in [-0.1, -0.05) is 29.3 Å². The second-order valence-electron chi connectivity index (χ2n) is 3.63. The Balaban J connectivity index is 2.13. The highest BCUT2D eigenvalue weighted by molar-refractivity contribution is 6.43. The molecule has 0 radical (unpaired) electrons. The second-order valence-corrected chi connectivity index (χ2v) is 4.42. The van der Waals surface area contributed by atoms with Gasteiger partial charge in [-0.05, 0) is 25.0 Å². The molecule has 1 aromatic carbocycles. The fraction of sp³-hybridized carbons (Fsp3) is 0.273. The molecule has 0 unspecified atom stereocenters. The summed E-state index contributed by atoms with van der Waals surface area (Å²) in [6, 6.07) is 5.20. The van der Waals surface area contributed by atoms with Crippen LogP contribution >= 0.6 is 23.2 Å². The van der Waals surface area contributed by atoms with Crippen molar-refractivity contribution >= 4 is 40.5 Å². The van der Waals surface area contributed by atoms with Crippen LogP contribution in [0.2, 0.25) is 10.0 Å². The molecule has 1 aliphatic rings. The standard InChI is InChI=1S/C11H11Cl2N3O/c12-7-3-1-4-8(10(7)13)15-16-9-5-2-6-14-11(9)17/h1,3-4,15H,2,5-6H2,(H,14,17)/b16-9+. The van der Waals surface area contributed by atoms with Gasteiger partial charge in [-0.3, -0.25) is 10.2 Å². The van der Waals surface area contributed by atoms with Crippen LogP contribution < -0.4 is 10.7 Å². The van der Waals surface area contributed by atoms with E-state index >= 15 is 0 Å². The summed E-state index contributed by atoms with van der Waals surface area (Å²) >= 11 is 11.8. The molecule has 0 bridgehead atoms. The fourth-order valence-corrected chi connectivity index (χ4v) is 1.84. The van der Waals surface area contributed by atoms with E-state index in [1.807, 2.05) is 0 Å². The minimum atomic E-state index is -0.137. The quantitative estimate of drug-likeness (QED) is 0.813. The summed E-state index contributed by atoms with van der Waals surface area (Å²) in [6.45, 7) is 0.704. The number of halogens is 2. The average molecular weight is 272 g/mol. The van der Waals surface area contributed by atoms with Crippen molar-refractivity contribution in [1.82, 2.24) is 5.32 Å². The number of rotatable bonds is 2. The molecule has 1 heterocycles. The zero-order valence-electron chi connectivity index (χ0n) is 8.96. The molecule has 4 nitrogen and oxygen atoms in total. The van der Waals surface area contributed by atoms with Crippen LogP contribution in [0.1, 0.15) is 12.8 Å². The van der Waals surface area contributed by atoms with E-state index in [0.717, 1.165) is 6.42 Å². The number of benzene rings is 1. The molecule has 6 heteroatoms. The van der Waals surface area contributed by atoms with E-state index in [1.165, 1.54) is 0 Å². The summed E-state index contributed by atoms with van der Waals surface area (Å²) in [5.74, 6) is -0.137. The summed E-state index contributed by atoms with van der Waals surface area (Å²) in [6.07, 6.45) is 1.56. The van der Waals surface area contributed by atoms with Crippen molar-refractivity contribution in [3.8, 4) is 0 Å². The Hall–Kier alpha value is -1.26. The first-order chi connectivity index (χ1) is 8.18. The topological polar surface area (TPSA) is 53.5 Å². The molecule has 2 N–H and O–H groups in total. The molecule has 1 aromatic rings. The van der Waals surface area contributed by atoms with Gasteiger partial charge >= 0.3 is 0 Å². The molecule has 2 rings (SSSR count). The highest BCUT2D eigenvalue weighted by Gasteiger charge is 2.15. The Morgan fingerprint density at radius 2 is 2.18 bits per heavy atom. The van der Waals surface area contributed by atoms with Gasteiger partial charge in [0.1, 0.15) is 5.71 Å². The Morgan fingerprint density at radius 3 is 2.94 bits per heavy atom. The lowest BCUT2D eigenvalue weighted by atomic mass is 10.1. The number of nitrogens with one attached hydrogen (secondary N) is 2. The molecule has 1 saturated heterocycles. The summed E-state index contributed by atoms with van der Waals surface area (Å²) in [4.78, 5) is 11.4. The minimum absolute atomic E-state index is 0.137. The number of hydrazone groups is 1. The lowest BCUT2D eigenvalue weighted by Crippen LogP contribution is -2.37.